The van der Waals surface area contributed by atoms with Crippen LogP contribution in [0.4, 0.5) is 17.5 Å². The Morgan fingerprint density at radius 3 is 2.53 bits per heavy atom. The SMILES string of the molecule is CCCC(CC)Nc1nc(NC(C)(C)C)ncc1N. The van der Waals surface area contributed by atoms with Gasteiger partial charge in [0, 0.05) is 11.6 Å². The van der Waals surface area contributed by atoms with Crippen LogP contribution in [-0.2, 0) is 0 Å². The van der Waals surface area contributed by atoms with E-state index >= 15 is 0 Å². The molecule has 1 aromatic heterocycles. The van der Waals surface area contributed by atoms with Gasteiger partial charge in [0.2, 0.25) is 5.95 Å². The lowest BCUT2D eigenvalue weighted by Crippen LogP contribution is -2.28. The Hall–Kier alpha value is -1.52. The van der Waals surface area contributed by atoms with Crippen molar-refractivity contribution in [2.75, 3.05) is 16.4 Å². The van der Waals surface area contributed by atoms with Gasteiger partial charge in [-0.25, -0.2) is 4.98 Å². The number of nitrogens with zero attached hydrogens (tertiary/aromatic N) is 2. The Morgan fingerprint density at radius 1 is 1.32 bits per heavy atom. The normalized spacial score (nSPS) is 13.1. The second-order valence-electron chi connectivity index (χ2n) is 5.91. The van der Waals surface area contributed by atoms with Gasteiger partial charge in [-0.05, 0) is 33.6 Å². The molecule has 0 amide bonds. The van der Waals surface area contributed by atoms with Gasteiger partial charge in [-0.2, -0.15) is 4.98 Å². The van der Waals surface area contributed by atoms with Gasteiger partial charge >= 0.3 is 0 Å². The minimum Gasteiger partial charge on any atom is -0.394 e. The third-order valence-corrected chi connectivity index (χ3v) is 2.77. The highest BCUT2D eigenvalue weighted by molar-refractivity contribution is 5.62. The molecule has 1 aromatic rings. The zero-order valence-electron chi connectivity index (χ0n) is 12.7. The number of rotatable bonds is 6. The largest absolute Gasteiger partial charge is 0.394 e. The van der Waals surface area contributed by atoms with Crippen molar-refractivity contribution in [3.05, 3.63) is 6.20 Å². The number of anilines is 3. The fourth-order valence-corrected chi connectivity index (χ4v) is 1.82. The Bertz CT molecular complexity index is 397. The van der Waals surface area contributed by atoms with E-state index in [1.165, 1.54) is 0 Å². The molecular weight excluding hydrogens is 238 g/mol. The van der Waals surface area contributed by atoms with Gasteiger partial charge < -0.3 is 16.4 Å². The number of aromatic nitrogens is 2. The number of nitrogens with one attached hydrogen (secondary N) is 2. The van der Waals surface area contributed by atoms with Crippen molar-refractivity contribution in [2.45, 2.75) is 65.5 Å². The zero-order valence-corrected chi connectivity index (χ0v) is 12.7. The number of hydrogen-bond donors (Lipinski definition) is 3. The van der Waals surface area contributed by atoms with Gasteiger partial charge in [0.05, 0.1) is 11.9 Å². The molecule has 108 valence electrons. The molecule has 0 spiro atoms. The highest BCUT2D eigenvalue weighted by Gasteiger charge is 2.14. The molecule has 0 radical (unpaired) electrons. The minimum absolute atomic E-state index is 0.0685. The van der Waals surface area contributed by atoms with Crippen molar-refractivity contribution < 1.29 is 0 Å². The topological polar surface area (TPSA) is 75.9 Å². The van der Waals surface area contributed by atoms with Crippen LogP contribution in [-0.4, -0.2) is 21.5 Å². The molecule has 0 aliphatic rings. The summed E-state index contributed by atoms with van der Waals surface area (Å²) in [7, 11) is 0. The fourth-order valence-electron chi connectivity index (χ4n) is 1.82. The minimum atomic E-state index is -0.0685. The predicted molar refractivity (Wildman–Crippen MR) is 82.4 cm³/mol. The summed E-state index contributed by atoms with van der Waals surface area (Å²) in [4.78, 5) is 8.69. The molecule has 0 saturated heterocycles. The van der Waals surface area contributed by atoms with E-state index in [9.17, 15) is 0 Å². The van der Waals surface area contributed by atoms with E-state index in [0.717, 1.165) is 25.1 Å². The molecule has 0 bridgehead atoms. The lowest BCUT2D eigenvalue weighted by molar-refractivity contribution is 0.616. The lowest BCUT2D eigenvalue weighted by Gasteiger charge is -2.22. The molecule has 0 fully saturated rings. The summed E-state index contributed by atoms with van der Waals surface area (Å²) in [5, 5.41) is 6.66. The maximum absolute atomic E-state index is 5.94. The second-order valence-corrected chi connectivity index (χ2v) is 5.91. The fraction of sp³-hybridized carbons (Fsp3) is 0.714. The molecule has 0 aromatic carbocycles. The average Bonchev–Trinajstić information content (AvgIpc) is 2.30. The molecule has 1 heterocycles. The van der Waals surface area contributed by atoms with Crippen LogP contribution in [0.2, 0.25) is 0 Å². The van der Waals surface area contributed by atoms with E-state index in [1.54, 1.807) is 6.20 Å². The van der Waals surface area contributed by atoms with Gasteiger partial charge in [0.1, 0.15) is 0 Å². The van der Waals surface area contributed by atoms with Crippen LogP contribution in [0.1, 0.15) is 53.9 Å². The maximum Gasteiger partial charge on any atom is 0.225 e. The van der Waals surface area contributed by atoms with Gasteiger partial charge in [0.15, 0.2) is 5.82 Å². The van der Waals surface area contributed by atoms with Crippen molar-refractivity contribution >= 4 is 17.5 Å². The molecule has 1 unspecified atom stereocenters. The first-order chi connectivity index (χ1) is 8.85. The van der Waals surface area contributed by atoms with Crippen molar-refractivity contribution in [2.24, 2.45) is 0 Å². The van der Waals surface area contributed by atoms with Crippen molar-refractivity contribution in [3.63, 3.8) is 0 Å². The number of nitrogen functional groups attached to an aromatic ring is 1. The van der Waals surface area contributed by atoms with Crippen molar-refractivity contribution in [1.29, 1.82) is 0 Å². The van der Waals surface area contributed by atoms with Crippen LogP contribution < -0.4 is 16.4 Å². The van der Waals surface area contributed by atoms with Crippen molar-refractivity contribution in [1.82, 2.24) is 9.97 Å². The molecule has 5 nitrogen and oxygen atoms in total. The van der Waals surface area contributed by atoms with Gasteiger partial charge in [-0.1, -0.05) is 20.3 Å². The summed E-state index contributed by atoms with van der Waals surface area (Å²) in [6.45, 7) is 10.6. The van der Waals surface area contributed by atoms with E-state index in [-0.39, 0.29) is 5.54 Å². The third-order valence-electron chi connectivity index (χ3n) is 2.77. The quantitative estimate of drug-likeness (QED) is 0.736. The van der Waals surface area contributed by atoms with E-state index in [1.807, 2.05) is 0 Å². The smallest absolute Gasteiger partial charge is 0.225 e. The average molecular weight is 265 g/mol. The Balaban J connectivity index is 2.84. The van der Waals surface area contributed by atoms with Crippen LogP contribution in [0, 0.1) is 0 Å². The first-order valence-electron chi connectivity index (χ1n) is 7.03. The molecule has 4 N–H and O–H groups in total. The monoisotopic (exact) mass is 265 g/mol. The van der Waals surface area contributed by atoms with Gasteiger partial charge in [0.25, 0.3) is 0 Å². The summed E-state index contributed by atoms with van der Waals surface area (Å²) in [5.74, 6) is 1.33. The molecule has 5 heteroatoms. The first kappa shape index (κ1) is 15.5. The standard InChI is InChI=1S/C14H27N5/c1-6-8-10(7-2)17-12-11(15)9-16-13(18-12)19-14(3,4)5/h9-10H,6-8,15H2,1-5H3,(H2,16,17,18,19). The predicted octanol–water partition coefficient (Wildman–Crippen LogP) is 3.26. The van der Waals surface area contributed by atoms with Crippen molar-refractivity contribution in [3.8, 4) is 0 Å². The molecule has 1 atom stereocenters. The second kappa shape index (κ2) is 6.59. The molecular formula is C14H27N5. The van der Waals surface area contributed by atoms with Gasteiger partial charge in [-0.3, -0.25) is 0 Å². The Labute approximate surface area is 116 Å². The number of hydrogen-bond acceptors (Lipinski definition) is 5. The highest BCUT2D eigenvalue weighted by Crippen LogP contribution is 2.20. The summed E-state index contributed by atoms with van der Waals surface area (Å²) >= 11 is 0. The first-order valence-corrected chi connectivity index (χ1v) is 7.03. The molecule has 0 aliphatic heterocycles. The van der Waals surface area contributed by atoms with E-state index in [2.05, 4.69) is 55.2 Å². The Kier molecular flexibility index (Phi) is 5.39. The molecule has 1 rings (SSSR count). The summed E-state index contributed by atoms with van der Waals surface area (Å²) in [5.41, 5.74) is 6.46. The highest BCUT2D eigenvalue weighted by atomic mass is 15.2. The molecule has 0 aliphatic carbocycles. The maximum atomic E-state index is 5.94. The van der Waals surface area contributed by atoms with Crippen LogP contribution in [0.15, 0.2) is 6.20 Å². The third kappa shape index (κ3) is 5.32. The van der Waals surface area contributed by atoms with Crippen LogP contribution in [0.25, 0.3) is 0 Å². The van der Waals surface area contributed by atoms with E-state index < -0.39 is 0 Å². The van der Waals surface area contributed by atoms with Gasteiger partial charge in [-0.15, -0.1) is 0 Å². The molecule has 0 saturated carbocycles. The summed E-state index contributed by atoms with van der Waals surface area (Å²) in [6.07, 6.45) is 4.97. The van der Waals surface area contributed by atoms with Crippen LogP contribution >= 0.6 is 0 Å². The van der Waals surface area contributed by atoms with Crippen LogP contribution in [0.3, 0.4) is 0 Å². The molecule has 19 heavy (non-hydrogen) atoms. The summed E-state index contributed by atoms with van der Waals surface area (Å²) < 4.78 is 0. The van der Waals surface area contributed by atoms with E-state index in [4.69, 9.17) is 5.73 Å². The van der Waals surface area contributed by atoms with E-state index in [0.29, 0.717) is 17.7 Å². The Morgan fingerprint density at radius 2 is 2.00 bits per heavy atom. The summed E-state index contributed by atoms with van der Waals surface area (Å²) in [6, 6.07) is 0.407. The van der Waals surface area contributed by atoms with Crippen LogP contribution in [0.5, 0.6) is 0 Å². The number of nitrogens with two attached hydrogens (primary N) is 1. The zero-order chi connectivity index (χ0) is 14.5. The lowest BCUT2D eigenvalue weighted by atomic mass is 10.1.